The molecule has 5 N–H and O–H groups in total. The number of hydrogen-bond acceptors (Lipinski definition) is 5. The predicted molar refractivity (Wildman–Crippen MR) is 36.5 cm³/mol. The van der Waals surface area contributed by atoms with Crippen molar-refractivity contribution < 1.29 is 20.1 Å². The summed E-state index contributed by atoms with van der Waals surface area (Å²) >= 11 is 0. The zero-order valence-electron chi connectivity index (χ0n) is 6.21. The van der Waals surface area contributed by atoms with Crippen molar-refractivity contribution in [2.45, 2.75) is 37.6 Å². The smallest absolute Gasteiger partial charge is 0.183 e. The Balaban J connectivity index is 2.63. The molecule has 0 aromatic carbocycles. The summed E-state index contributed by atoms with van der Waals surface area (Å²) in [5, 5.41) is 27.1. The Morgan fingerprint density at radius 1 is 1.18 bits per heavy atom. The van der Waals surface area contributed by atoms with Gasteiger partial charge in [0.25, 0.3) is 0 Å². The molecule has 0 aliphatic carbocycles. The first-order valence-corrected chi connectivity index (χ1v) is 3.49. The molecule has 0 radical (unpaired) electrons. The summed E-state index contributed by atoms with van der Waals surface area (Å²) in [6.45, 7) is 1.63. The average molecular weight is 163 g/mol. The molecule has 1 fully saturated rings. The lowest BCUT2D eigenvalue weighted by atomic mass is 9.98. The van der Waals surface area contributed by atoms with Crippen LogP contribution in [0.5, 0.6) is 0 Å². The second-order valence-corrected chi connectivity index (χ2v) is 2.79. The molecule has 0 saturated carbocycles. The normalized spacial score (nSPS) is 52.6. The van der Waals surface area contributed by atoms with Gasteiger partial charge < -0.3 is 25.8 Å². The van der Waals surface area contributed by atoms with E-state index in [4.69, 9.17) is 20.7 Å². The highest BCUT2D eigenvalue weighted by atomic mass is 16.6. The van der Waals surface area contributed by atoms with Crippen molar-refractivity contribution in [1.82, 2.24) is 0 Å². The Labute approximate surface area is 64.4 Å². The summed E-state index contributed by atoms with van der Waals surface area (Å²) in [7, 11) is 0. The monoisotopic (exact) mass is 163 g/mol. The Hall–Kier alpha value is -0.200. The second kappa shape index (κ2) is 3.04. The van der Waals surface area contributed by atoms with Gasteiger partial charge in [0.05, 0.1) is 12.1 Å². The molecule has 5 nitrogen and oxygen atoms in total. The maximum atomic E-state index is 9.17. The standard InChI is InChI=1S/C6H13NO4/c1-2-3(7)4(8)5(9)6(10)11-2/h2-6,8-10H,7H2,1H3/t2-,3-,4+,5-,6?/m1/s1. The van der Waals surface area contributed by atoms with Crippen LogP contribution in [0.25, 0.3) is 0 Å². The third kappa shape index (κ3) is 1.52. The molecule has 0 bridgehead atoms. The first-order valence-electron chi connectivity index (χ1n) is 3.49. The molecule has 1 aliphatic heterocycles. The average Bonchev–Trinajstić information content (AvgIpc) is 1.97. The van der Waals surface area contributed by atoms with Gasteiger partial charge >= 0.3 is 0 Å². The SMILES string of the molecule is C[C@H]1OC(O)[C@H](O)[C@@H](O)[C@@H]1N. The molecule has 0 spiro atoms. The van der Waals surface area contributed by atoms with Crippen LogP contribution in [0.1, 0.15) is 6.92 Å². The Kier molecular flexibility index (Phi) is 2.46. The van der Waals surface area contributed by atoms with Gasteiger partial charge in [0.1, 0.15) is 12.2 Å². The van der Waals surface area contributed by atoms with Crippen LogP contribution >= 0.6 is 0 Å². The lowest BCUT2D eigenvalue weighted by Gasteiger charge is -2.37. The molecule has 1 rings (SSSR count). The summed E-state index contributed by atoms with van der Waals surface area (Å²) in [4.78, 5) is 0. The molecule has 66 valence electrons. The summed E-state index contributed by atoms with van der Waals surface area (Å²) in [5.74, 6) is 0. The van der Waals surface area contributed by atoms with Gasteiger partial charge in [-0.2, -0.15) is 0 Å². The molecule has 11 heavy (non-hydrogen) atoms. The first-order chi connectivity index (χ1) is 5.04. The third-order valence-corrected chi connectivity index (χ3v) is 1.93. The van der Waals surface area contributed by atoms with Crippen molar-refractivity contribution in [3.63, 3.8) is 0 Å². The van der Waals surface area contributed by atoms with Crippen LogP contribution in [0.2, 0.25) is 0 Å². The van der Waals surface area contributed by atoms with Crippen molar-refractivity contribution in [2.24, 2.45) is 5.73 Å². The van der Waals surface area contributed by atoms with Crippen LogP contribution in [0, 0.1) is 0 Å². The summed E-state index contributed by atoms with van der Waals surface area (Å²) in [6, 6.07) is -0.645. The number of aliphatic hydroxyl groups excluding tert-OH is 3. The Bertz CT molecular complexity index is 129. The lowest BCUT2D eigenvalue weighted by Crippen LogP contribution is -2.60. The molecule has 5 atom stereocenters. The van der Waals surface area contributed by atoms with Crippen molar-refractivity contribution in [1.29, 1.82) is 0 Å². The highest BCUT2D eigenvalue weighted by Crippen LogP contribution is 2.17. The molecule has 5 heteroatoms. The minimum atomic E-state index is -1.33. The van der Waals surface area contributed by atoms with Crippen LogP contribution in [0.4, 0.5) is 0 Å². The van der Waals surface area contributed by atoms with Gasteiger partial charge in [-0.3, -0.25) is 0 Å². The van der Waals surface area contributed by atoms with E-state index in [0.717, 1.165) is 0 Å². The van der Waals surface area contributed by atoms with Crippen LogP contribution in [0.3, 0.4) is 0 Å². The fourth-order valence-corrected chi connectivity index (χ4v) is 1.07. The van der Waals surface area contributed by atoms with E-state index in [2.05, 4.69) is 0 Å². The highest BCUT2D eigenvalue weighted by molar-refractivity contribution is 4.89. The minimum Gasteiger partial charge on any atom is -0.388 e. The maximum Gasteiger partial charge on any atom is 0.183 e. The van der Waals surface area contributed by atoms with Crippen molar-refractivity contribution in [3.8, 4) is 0 Å². The van der Waals surface area contributed by atoms with Crippen LogP contribution in [0.15, 0.2) is 0 Å². The van der Waals surface area contributed by atoms with Gasteiger partial charge in [-0.1, -0.05) is 0 Å². The molecule has 1 unspecified atom stereocenters. The van der Waals surface area contributed by atoms with Crippen LogP contribution in [-0.4, -0.2) is 46.0 Å². The molecular weight excluding hydrogens is 150 g/mol. The zero-order valence-corrected chi connectivity index (χ0v) is 6.21. The van der Waals surface area contributed by atoms with Crippen molar-refractivity contribution in [2.75, 3.05) is 0 Å². The minimum absolute atomic E-state index is 0.441. The van der Waals surface area contributed by atoms with Crippen molar-refractivity contribution in [3.05, 3.63) is 0 Å². The van der Waals surface area contributed by atoms with Crippen LogP contribution < -0.4 is 5.73 Å². The van der Waals surface area contributed by atoms with E-state index in [9.17, 15) is 5.11 Å². The van der Waals surface area contributed by atoms with E-state index in [1.807, 2.05) is 0 Å². The second-order valence-electron chi connectivity index (χ2n) is 2.79. The van der Waals surface area contributed by atoms with E-state index in [0.29, 0.717) is 0 Å². The van der Waals surface area contributed by atoms with E-state index < -0.39 is 30.6 Å². The van der Waals surface area contributed by atoms with Gasteiger partial charge in [0, 0.05) is 0 Å². The van der Waals surface area contributed by atoms with E-state index in [1.165, 1.54) is 0 Å². The summed E-state index contributed by atoms with van der Waals surface area (Å²) < 4.78 is 4.80. The van der Waals surface area contributed by atoms with Gasteiger partial charge in [0.15, 0.2) is 6.29 Å². The lowest BCUT2D eigenvalue weighted by molar-refractivity contribution is -0.249. The fraction of sp³-hybridized carbons (Fsp3) is 1.00. The van der Waals surface area contributed by atoms with Gasteiger partial charge in [-0.25, -0.2) is 0 Å². The van der Waals surface area contributed by atoms with E-state index in [1.54, 1.807) is 6.92 Å². The maximum absolute atomic E-state index is 9.17. The van der Waals surface area contributed by atoms with Crippen molar-refractivity contribution >= 4 is 0 Å². The molecular formula is C6H13NO4. The predicted octanol–water partition coefficient (Wildman–Crippen LogP) is -2.23. The number of rotatable bonds is 0. The van der Waals surface area contributed by atoms with E-state index >= 15 is 0 Å². The summed E-state index contributed by atoms with van der Waals surface area (Å²) in [5.41, 5.74) is 5.43. The number of ether oxygens (including phenoxy) is 1. The fourth-order valence-electron chi connectivity index (χ4n) is 1.07. The largest absolute Gasteiger partial charge is 0.388 e. The third-order valence-electron chi connectivity index (χ3n) is 1.93. The molecule has 0 aromatic heterocycles. The van der Waals surface area contributed by atoms with Crippen LogP contribution in [-0.2, 0) is 4.74 Å². The first kappa shape index (κ1) is 8.89. The highest BCUT2D eigenvalue weighted by Gasteiger charge is 2.39. The topological polar surface area (TPSA) is 95.9 Å². The summed E-state index contributed by atoms with van der Waals surface area (Å²) in [6.07, 6.45) is -4.20. The Morgan fingerprint density at radius 3 is 2.27 bits per heavy atom. The zero-order chi connectivity index (χ0) is 8.59. The van der Waals surface area contributed by atoms with Gasteiger partial charge in [-0.15, -0.1) is 0 Å². The molecule has 1 saturated heterocycles. The van der Waals surface area contributed by atoms with Gasteiger partial charge in [0.2, 0.25) is 0 Å². The number of aliphatic hydroxyl groups is 3. The molecule has 1 heterocycles. The molecule has 0 amide bonds. The quantitative estimate of drug-likeness (QED) is 0.324. The molecule has 0 aromatic rings. The Morgan fingerprint density at radius 2 is 1.73 bits per heavy atom. The molecule has 1 aliphatic rings. The van der Waals surface area contributed by atoms with Gasteiger partial charge in [-0.05, 0) is 6.92 Å². The van der Waals surface area contributed by atoms with E-state index in [-0.39, 0.29) is 0 Å². The number of nitrogens with two attached hydrogens (primary N) is 1. The number of hydrogen-bond donors (Lipinski definition) is 4.